The van der Waals surface area contributed by atoms with Crippen molar-refractivity contribution in [1.82, 2.24) is 4.98 Å². The largest absolute Gasteiger partial charge is 0.452 e. The van der Waals surface area contributed by atoms with Crippen molar-refractivity contribution in [3.63, 3.8) is 0 Å². The van der Waals surface area contributed by atoms with Gasteiger partial charge in [-0.3, -0.25) is 9.78 Å². The first-order chi connectivity index (χ1) is 13.1. The Morgan fingerprint density at radius 3 is 2.74 bits per heavy atom. The number of rotatable bonds is 3. The van der Waals surface area contributed by atoms with Gasteiger partial charge in [-0.2, -0.15) is 0 Å². The highest BCUT2D eigenvalue weighted by Gasteiger charge is 2.28. The minimum atomic E-state index is -0.830. The molecule has 2 heterocycles. The second kappa shape index (κ2) is 6.84. The summed E-state index contributed by atoms with van der Waals surface area (Å²) in [5.41, 5.74) is 0.905. The molecule has 1 aliphatic rings. The summed E-state index contributed by atoms with van der Waals surface area (Å²) in [6.45, 7) is 0. The number of benzene rings is 2. The molecule has 3 aromatic rings. The highest BCUT2D eigenvalue weighted by Crippen LogP contribution is 2.35. The molecule has 27 heavy (non-hydrogen) atoms. The van der Waals surface area contributed by atoms with E-state index in [1.165, 1.54) is 36.4 Å². The van der Waals surface area contributed by atoms with Crippen molar-refractivity contribution in [2.24, 2.45) is 0 Å². The average Bonchev–Trinajstić information content (AvgIpc) is 2.98. The zero-order valence-electron chi connectivity index (χ0n) is 13.9. The molecule has 2 aromatic carbocycles. The van der Waals surface area contributed by atoms with E-state index in [-0.39, 0.29) is 28.6 Å². The van der Waals surface area contributed by atoms with E-state index in [2.05, 4.69) is 4.98 Å². The number of ether oxygens (including phenoxy) is 2. The third-order valence-corrected chi connectivity index (χ3v) is 3.93. The first-order valence-electron chi connectivity index (χ1n) is 8.07. The first-order valence-corrected chi connectivity index (χ1v) is 8.07. The number of esters is 1. The van der Waals surface area contributed by atoms with Gasteiger partial charge in [0.1, 0.15) is 17.3 Å². The normalized spacial score (nSPS) is 14.0. The fourth-order valence-electron chi connectivity index (χ4n) is 2.63. The topological polar surface area (TPSA) is 65.5 Å². The molecule has 0 saturated carbocycles. The quantitative estimate of drug-likeness (QED) is 0.400. The van der Waals surface area contributed by atoms with E-state index < -0.39 is 11.8 Å². The van der Waals surface area contributed by atoms with Crippen LogP contribution in [0.25, 0.3) is 6.08 Å². The molecule has 6 heteroatoms. The zero-order chi connectivity index (χ0) is 18.8. The third kappa shape index (κ3) is 3.32. The first kappa shape index (κ1) is 16.7. The van der Waals surface area contributed by atoms with Crippen molar-refractivity contribution < 1.29 is 23.5 Å². The number of nitrogens with zero attached hydrogens (tertiary/aromatic N) is 1. The van der Waals surface area contributed by atoms with Crippen LogP contribution in [-0.2, 0) is 0 Å². The van der Waals surface area contributed by atoms with Crippen LogP contribution in [0.1, 0.15) is 26.3 Å². The molecule has 0 radical (unpaired) electrons. The molecule has 0 atom stereocenters. The van der Waals surface area contributed by atoms with Gasteiger partial charge in [-0.05, 0) is 42.0 Å². The SMILES string of the molecule is O=C(Oc1ccc2c(c1)OC(=Cc1cccnc1)C2=O)c1ccccc1F. The van der Waals surface area contributed by atoms with Crippen LogP contribution in [0.3, 0.4) is 0 Å². The molecule has 0 saturated heterocycles. The summed E-state index contributed by atoms with van der Waals surface area (Å²) in [5.74, 6) is -1.21. The fourth-order valence-corrected chi connectivity index (χ4v) is 2.63. The van der Waals surface area contributed by atoms with Gasteiger partial charge in [-0.25, -0.2) is 9.18 Å². The summed E-state index contributed by atoms with van der Waals surface area (Å²) >= 11 is 0. The molecule has 0 fully saturated rings. The van der Waals surface area contributed by atoms with Gasteiger partial charge in [0.2, 0.25) is 5.78 Å². The van der Waals surface area contributed by atoms with E-state index in [1.807, 2.05) is 0 Å². The Morgan fingerprint density at radius 2 is 1.96 bits per heavy atom. The molecule has 1 aliphatic heterocycles. The van der Waals surface area contributed by atoms with E-state index in [0.29, 0.717) is 5.56 Å². The highest BCUT2D eigenvalue weighted by molar-refractivity contribution is 6.14. The number of Topliss-reactive ketones (excluding diaryl/α,β-unsaturated/α-hetero) is 1. The van der Waals surface area contributed by atoms with Gasteiger partial charge in [0.25, 0.3) is 0 Å². The molecule has 0 bridgehead atoms. The number of halogens is 1. The van der Waals surface area contributed by atoms with Crippen molar-refractivity contribution in [3.8, 4) is 11.5 Å². The molecule has 0 unspecified atom stereocenters. The van der Waals surface area contributed by atoms with Crippen LogP contribution >= 0.6 is 0 Å². The summed E-state index contributed by atoms with van der Waals surface area (Å²) in [7, 11) is 0. The van der Waals surface area contributed by atoms with Gasteiger partial charge in [0.05, 0.1) is 11.1 Å². The van der Waals surface area contributed by atoms with Crippen molar-refractivity contribution in [3.05, 3.63) is 95.3 Å². The number of carbonyl (C=O) groups excluding carboxylic acids is 2. The predicted octanol–water partition coefficient (Wildman–Crippen LogP) is 4.06. The standard InChI is InChI=1S/C21H12FNO4/c22-17-6-2-1-5-15(17)21(25)26-14-7-8-16-18(11-14)27-19(20(16)24)10-13-4-3-9-23-12-13/h1-12H. The maximum absolute atomic E-state index is 13.7. The summed E-state index contributed by atoms with van der Waals surface area (Å²) in [6, 6.07) is 13.5. The molecule has 1 aromatic heterocycles. The van der Waals surface area contributed by atoms with Gasteiger partial charge in [0.15, 0.2) is 5.76 Å². The molecular weight excluding hydrogens is 349 g/mol. The number of pyridine rings is 1. The van der Waals surface area contributed by atoms with Crippen molar-refractivity contribution in [2.75, 3.05) is 0 Å². The lowest BCUT2D eigenvalue weighted by atomic mass is 10.1. The van der Waals surface area contributed by atoms with Crippen LogP contribution in [0.2, 0.25) is 0 Å². The van der Waals surface area contributed by atoms with Crippen molar-refractivity contribution in [2.45, 2.75) is 0 Å². The van der Waals surface area contributed by atoms with Crippen LogP contribution in [0.4, 0.5) is 4.39 Å². The Hall–Kier alpha value is -3.80. The van der Waals surface area contributed by atoms with Crippen LogP contribution in [0.15, 0.2) is 72.8 Å². The van der Waals surface area contributed by atoms with E-state index >= 15 is 0 Å². The van der Waals surface area contributed by atoms with E-state index in [9.17, 15) is 14.0 Å². The summed E-state index contributed by atoms with van der Waals surface area (Å²) in [5, 5.41) is 0. The number of aromatic nitrogens is 1. The fraction of sp³-hybridized carbons (Fsp3) is 0. The Kier molecular flexibility index (Phi) is 4.22. The maximum atomic E-state index is 13.7. The zero-order valence-corrected chi connectivity index (χ0v) is 13.9. The lowest BCUT2D eigenvalue weighted by Gasteiger charge is -2.06. The average molecular weight is 361 g/mol. The Morgan fingerprint density at radius 1 is 1.11 bits per heavy atom. The third-order valence-electron chi connectivity index (χ3n) is 3.93. The second-order valence-electron chi connectivity index (χ2n) is 5.75. The smallest absolute Gasteiger partial charge is 0.346 e. The van der Waals surface area contributed by atoms with Crippen LogP contribution in [0.5, 0.6) is 11.5 Å². The van der Waals surface area contributed by atoms with E-state index in [1.54, 1.807) is 36.7 Å². The van der Waals surface area contributed by atoms with Crippen LogP contribution in [0, 0.1) is 5.82 Å². The summed E-state index contributed by atoms with van der Waals surface area (Å²) in [6.07, 6.45) is 4.82. The molecule has 0 amide bonds. The minimum Gasteiger partial charge on any atom is -0.452 e. The Bertz CT molecular complexity index is 1080. The lowest BCUT2D eigenvalue weighted by molar-refractivity contribution is 0.0729. The molecule has 4 rings (SSSR count). The second-order valence-corrected chi connectivity index (χ2v) is 5.75. The van der Waals surface area contributed by atoms with Crippen LogP contribution < -0.4 is 9.47 Å². The van der Waals surface area contributed by atoms with Gasteiger partial charge < -0.3 is 9.47 Å². The number of hydrogen-bond acceptors (Lipinski definition) is 5. The lowest BCUT2D eigenvalue weighted by Crippen LogP contribution is -2.10. The summed E-state index contributed by atoms with van der Waals surface area (Å²) < 4.78 is 24.5. The number of fused-ring (bicyclic) bond motifs is 1. The van der Waals surface area contributed by atoms with Gasteiger partial charge in [0, 0.05) is 18.5 Å². The van der Waals surface area contributed by atoms with E-state index in [4.69, 9.17) is 9.47 Å². The molecule has 0 N–H and O–H groups in total. The summed E-state index contributed by atoms with van der Waals surface area (Å²) in [4.78, 5) is 28.5. The van der Waals surface area contributed by atoms with Gasteiger partial charge >= 0.3 is 5.97 Å². The van der Waals surface area contributed by atoms with Crippen molar-refractivity contribution >= 4 is 17.8 Å². The van der Waals surface area contributed by atoms with Crippen molar-refractivity contribution in [1.29, 1.82) is 0 Å². The minimum absolute atomic E-state index is 0.149. The molecule has 5 nitrogen and oxygen atoms in total. The number of carbonyl (C=O) groups is 2. The van der Waals surface area contributed by atoms with Crippen LogP contribution in [-0.4, -0.2) is 16.7 Å². The monoisotopic (exact) mass is 361 g/mol. The van der Waals surface area contributed by atoms with E-state index in [0.717, 1.165) is 5.56 Å². The molecule has 0 spiro atoms. The molecule has 0 aliphatic carbocycles. The molecular formula is C21H12FNO4. The predicted molar refractivity (Wildman–Crippen MR) is 95.0 cm³/mol. The Labute approximate surface area is 153 Å². The highest BCUT2D eigenvalue weighted by atomic mass is 19.1. The maximum Gasteiger partial charge on any atom is 0.346 e. The Balaban J connectivity index is 1.57. The van der Waals surface area contributed by atoms with Gasteiger partial charge in [-0.15, -0.1) is 0 Å². The number of hydrogen-bond donors (Lipinski definition) is 0. The van der Waals surface area contributed by atoms with Gasteiger partial charge in [-0.1, -0.05) is 18.2 Å². The number of ketones is 1. The number of allylic oxidation sites excluding steroid dienone is 1. The molecule has 132 valence electrons.